The molecule has 1 saturated heterocycles. The van der Waals surface area contributed by atoms with Crippen molar-refractivity contribution in [1.82, 2.24) is 30.5 Å². The van der Waals surface area contributed by atoms with Gasteiger partial charge in [0.2, 0.25) is 11.8 Å². The van der Waals surface area contributed by atoms with Gasteiger partial charge in [0.15, 0.2) is 0 Å². The molecule has 2 aliphatic rings. The molecule has 0 bridgehead atoms. The molecular weight excluding hydrogens is 618 g/mol. The average molecular weight is 656 g/mol. The first-order valence-electron chi connectivity index (χ1n) is 15.8. The van der Waals surface area contributed by atoms with Crippen molar-refractivity contribution in [1.29, 1.82) is 0 Å². The van der Waals surface area contributed by atoms with Crippen molar-refractivity contribution in [3.63, 3.8) is 0 Å². The minimum Gasteiger partial charge on any atom is -0.481 e. The van der Waals surface area contributed by atoms with E-state index in [9.17, 15) is 14.7 Å². The lowest BCUT2D eigenvalue weighted by Crippen LogP contribution is -2.35. The summed E-state index contributed by atoms with van der Waals surface area (Å²) in [6.45, 7) is 5.37. The van der Waals surface area contributed by atoms with Gasteiger partial charge in [0.05, 0.1) is 30.1 Å². The number of amides is 2. The van der Waals surface area contributed by atoms with Gasteiger partial charge >= 0.3 is 0 Å². The zero-order valence-electron chi connectivity index (χ0n) is 26.5. The number of hydrogen-bond donors (Lipinski definition) is 4. The van der Waals surface area contributed by atoms with Crippen LogP contribution in [0.2, 0.25) is 5.02 Å². The lowest BCUT2D eigenvalue weighted by molar-refractivity contribution is -0.119. The average Bonchev–Trinajstić information content (AvgIpc) is 3.50. The fourth-order valence-corrected chi connectivity index (χ4v) is 6.45. The van der Waals surface area contributed by atoms with Crippen LogP contribution in [0.4, 0.5) is 5.69 Å². The number of nitrogens with one attached hydrogen (secondary N) is 3. The van der Waals surface area contributed by atoms with Gasteiger partial charge in [0.25, 0.3) is 5.91 Å². The Morgan fingerprint density at radius 2 is 2.02 bits per heavy atom. The fourth-order valence-electron chi connectivity index (χ4n) is 6.14. The van der Waals surface area contributed by atoms with Gasteiger partial charge in [-0.25, -0.2) is 4.98 Å². The predicted octanol–water partition coefficient (Wildman–Crippen LogP) is 4.15. The zero-order valence-corrected chi connectivity index (χ0v) is 27.2. The Kier molecular flexibility index (Phi) is 10.1. The number of fused-ring (bicyclic) bond motifs is 1. The summed E-state index contributed by atoms with van der Waals surface area (Å²) in [6.07, 6.45) is 5.71. The lowest BCUT2D eigenvalue weighted by atomic mass is 10.00. The second kappa shape index (κ2) is 14.6. The number of halogens is 1. The third kappa shape index (κ3) is 7.28. The summed E-state index contributed by atoms with van der Waals surface area (Å²) in [6, 6.07) is 13.3. The number of carbonyl (C=O) groups is 2. The number of methoxy groups -OCH3 is 1. The van der Waals surface area contributed by atoms with Crippen molar-refractivity contribution in [2.45, 2.75) is 45.3 Å². The van der Waals surface area contributed by atoms with Crippen LogP contribution in [0.5, 0.6) is 5.88 Å². The van der Waals surface area contributed by atoms with Crippen LogP contribution in [-0.4, -0.2) is 76.2 Å². The van der Waals surface area contributed by atoms with Crippen molar-refractivity contribution in [2.75, 3.05) is 38.7 Å². The molecule has 47 heavy (non-hydrogen) atoms. The van der Waals surface area contributed by atoms with Crippen LogP contribution in [0.15, 0.2) is 54.9 Å². The molecule has 4 N–H and O–H groups in total. The number of β-amino-alcohol motifs (C(OH)–C–C–N with tert-alkyl or cyclic N) is 1. The summed E-state index contributed by atoms with van der Waals surface area (Å²) >= 11 is 7.00. The molecular formula is C35H38ClN7O4. The number of rotatable bonds is 11. The van der Waals surface area contributed by atoms with Gasteiger partial charge in [-0.2, -0.15) is 0 Å². The number of aliphatic hydroxyl groups excluding tert-OH is 1. The molecule has 5 heterocycles. The van der Waals surface area contributed by atoms with Crippen LogP contribution < -0.4 is 20.7 Å². The van der Waals surface area contributed by atoms with Crippen molar-refractivity contribution < 1.29 is 19.4 Å². The number of aliphatic hydroxyl groups is 1. The molecule has 4 aromatic rings. The van der Waals surface area contributed by atoms with Crippen LogP contribution in [0.25, 0.3) is 22.5 Å². The van der Waals surface area contributed by atoms with Crippen LogP contribution in [-0.2, 0) is 24.3 Å². The number of benzene rings is 1. The van der Waals surface area contributed by atoms with E-state index in [2.05, 4.69) is 30.8 Å². The first-order valence-corrected chi connectivity index (χ1v) is 16.1. The van der Waals surface area contributed by atoms with Crippen LogP contribution in [0.1, 0.15) is 45.6 Å². The van der Waals surface area contributed by atoms with E-state index in [1.807, 2.05) is 49.4 Å². The van der Waals surface area contributed by atoms with Gasteiger partial charge in [0.1, 0.15) is 5.69 Å². The Morgan fingerprint density at radius 1 is 1.15 bits per heavy atom. The Balaban J connectivity index is 1.19. The molecule has 0 aliphatic carbocycles. The maximum atomic E-state index is 13.3. The second-order valence-electron chi connectivity index (χ2n) is 11.8. The molecule has 244 valence electrons. The highest BCUT2D eigenvalue weighted by Crippen LogP contribution is 2.38. The summed E-state index contributed by atoms with van der Waals surface area (Å²) in [5.41, 5.74) is 7.53. The predicted molar refractivity (Wildman–Crippen MR) is 180 cm³/mol. The number of anilines is 1. The van der Waals surface area contributed by atoms with Gasteiger partial charge < -0.3 is 25.8 Å². The fraction of sp³-hybridized carbons (Fsp3) is 0.343. The minimum atomic E-state index is -0.306. The van der Waals surface area contributed by atoms with E-state index < -0.39 is 0 Å². The molecule has 2 aliphatic heterocycles. The Morgan fingerprint density at radius 3 is 2.81 bits per heavy atom. The third-order valence-electron chi connectivity index (χ3n) is 8.75. The van der Waals surface area contributed by atoms with E-state index in [0.717, 1.165) is 47.2 Å². The molecule has 0 saturated carbocycles. The standard InChI is InChI=1S/C35H38ClN7O4/c1-21-26(4-3-5-28(21)41-34(46)30-16-24-20-43(14-15-44)13-11-22(24)18-39-30)33-32(36)27(10-12-38-33)29-8-6-23(35(42-29)47-2)17-37-19-25-7-9-31(45)40-25/h3-6,8,10,12,16,18,25,37,44H,7,9,11,13-15,17,19-20H2,1-2H3,(H,40,45)(H,41,46). The normalized spacial score (nSPS) is 16.1. The number of nitrogens with zero attached hydrogens (tertiary/aromatic N) is 4. The highest BCUT2D eigenvalue weighted by Gasteiger charge is 2.22. The largest absolute Gasteiger partial charge is 0.481 e. The summed E-state index contributed by atoms with van der Waals surface area (Å²) in [5.74, 6) is 0.271. The van der Waals surface area contributed by atoms with Crippen molar-refractivity contribution >= 4 is 29.1 Å². The Labute approximate surface area is 278 Å². The van der Waals surface area contributed by atoms with Crippen LogP contribution in [0.3, 0.4) is 0 Å². The number of aromatic nitrogens is 3. The van der Waals surface area contributed by atoms with Crippen LogP contribution >= 0.6 is 11.6 Å². The Hall–Kier alpha value is -4.42. The summed E-state index contributed by atoms with van der Waals surface area (Å²) in [7, 11) is 1.58. The molecule has 6 rings (SSSR count). The summed E-state index contributed by atoms with van der Waals surface area (Å²) < 4.78 is 5.62. The molecule has 11 nitrogen and oxygen atoms in total. The summed E-state index contributed by atoms with van der Waals surface area (Å²) in [5, 5.41) is 19.1. The van der Waals surface area contributed by atoms with Crippen molar-refractivity contribution in [3.8, 4) is 28.4 Å². The topological polar surface area (TPSA) is 142 Å². The number of hydrogen-bond acceptors (Lipinski definition) is 9. The quantitative estimate of drug-likeness (QED) is 0.188. The maximum Gasteiger partial charge on any atom is 0.274 e. The van der Waals surface area contributed by atoms with Gasteiger partial charge in [-0.3, -0.25) is 24.5 Å². The molecule has 0 spiro atoms. The zero-order chi connectivity index (χ0) is 32.9. The highest BCUT2D eigenvalue weighted by molar-refractivity contribution is 6.35. The van der Waals surface area contributed by atoms with E-state index in [1.54, 1.807) is 19.5 Å². The third-order valence-corrected chi connectivity index (χ3v) is 9.13. The number of carbonyl (C=O) groups excluding carboxylic acids is 2. The lowest BCUT2D eigenvalue weighted by Gasteiger charge is -2.28. The van der Waals surface area contributed by atoms with Gasteiger partial charge in [-0.15, -0.1) is 0 Å². The maximum absolute atomic E-state index is 13.3. The first-order chi connectivity index (χ1) is 22.8. The highest BCUT2D eigenvalue weighted by atomic mass is 35.5. The molecule has 3 aromatic heterocycles. The summed E-state index contributed by atoms with van der Waals surface area (Å²) in [4.78, 5) is 40.8. The SMILES string of the molecule is COc1nc(-c2ccnc(-c3cccc(NC(=O)c4cc5c(cn4)CCN(CCO)C5)c3C)c2Cl)ccc1CNCC1CCC(=O)N1. The Bertz CT molecular complexity index is 1800. The van der Waals surface area contributed by atoms with Gasteiger partial charge in [-0.1, -0.05) is 29.8 Å². The second-order valence-corrected chi connectivity index (χ2v) is 12.2. The molecule has 1 aromatic carbocycles. The van der Waals surface area contributed by atoms with Crippen molar-refractivity contribution in [2.24, 2.45) is 0 Å². The smallest absolute Gasteiger partial charge is 0.274 e. The molecule has 2 amide bonds. The van der Waals surface area contributed by atoms with Gasteiger partial charge in [0, 0.05) is 80.0 Å². The minimum absolute atomic E-state index is 0.0933. The molecule has 0 radical (unpaired) electrons. The van der Waals surface area contributed by atoms with Crippen LogP contribution in [0, 0.1) is 6.92 Å². The van der Waals surface area contributed by atoms with E-state index in [-0.39, 0.29) is 24.5 Å². The molecule has 1 unspecified atom stereocenters. The van der Waals surface area contributed by atoms with E-state index >= 15 is 0 Å². The first kappa shape index (κ1) is 32.5. The van der Waals surface area contributed by atoms with Crippen molar-refractivity contribution in [3.05, 3.63) is 87.8 Å². The molecule has 12 heteroatoms. The van der Waals surface area contributed by atoms with Gasteiger partial charge in [-0.05, 0) is 60.7 Å². The number of ether oxygens (including phenoxy) is 1. The molecule has 1 atom stereocenters. The van der Waals surface area contributed by atoms with E-state index in [4.69, 9.17) is 21.3 Å². The van der Waals surface area contributed by atoms with E-state index in [1.165, 1.54) is 0 Å². The van der Waals surface area contributed by atoms with E-state index in [0.29, 0.717) is 71.8 Å². The molecule has 1 fully saturated rings. The monoisotopic (exact) mass is 655 g/mol. The number of pyridine rings is 3.